The number of rotatable bonds is 3. The van der Waals surface area contributed by atoms with Crippen molar-refractivity contribution in [2.24, 2.45) is 0 Å². The normalized spacial score (nSPS) is 26.4. The van der Waals surface area contributed by atoms with Crippen LogP contribution in [0, 0.1) is 0 Å². The van der Waals surface area contributed by atoms with E-state index in [0.29, 0.717) is 15.6 Å². The topological polar surface area (TPSA) is 44.8 Å². The van der Waals surface area contributed by atoms with Crippen molar-refractivity contribution in [3.05, 3.63) is 33.8 Å². The molecule has 126 valence electrons. The standard InChI is InChI=1S/C17H20Cl2O4/c1-2-21-16(20)15-14(13-11(18)7-6-8-12(13)19)22-17(23-15)9-4-3-5-10-17/h6-8,14-15H,2-5,9-10H2,1H3/t14-,15+/m1/s1. The highest BCUT2D eigenvalue weighted by Gasteiger charge is 2.52. The predicted octanol–water partition coefficient (Wildman–Crippen LogP) is 4.67. The molecule has 0 bridgehead atoms. The fourth-order valence-electron chi connectivity index (χ4n) is 3.33. The molecule has 0 amide bonds. The van der Waals surface area contributed by atoms with Gasteiger partial charge in [-0.15, -0.1) is 0 Å². The van der Waals surface area contributed by atoms with Gasteiger partial charge in [-0.25, -0.2) is 4.79 Å². The number of carbonyl (C=O) groups is 1. The van der Waals surface area contributed by atoms with Gasteiger partial charge in [-0.3, -0.25) is 0 Å². The van der Waals surface area contributed by atoms with Crippen molar-refractivity contribution in [1.29, 1.82) is 0 Å². The molecular weight excluding hydrogens is 339 g/mol. The van der Waals surface area contributed by atoms with Crippen LogP contribution < -0.4 is 0 Å². The molecule has 1 aliphatic heterocycles. The van der Waals surface area contributed by atoms with Crippen LogP contribution in [0.3, 0.4) is 0 Å². The molecule has 0 radical (unpaired) electrons. The van der Waals surface area contributed by atoms with E-state index in [0.717, 1.165) is 32.1 Å². The Balaban J connectivity index is 1.96. The van der Waals surface area contributed by atoms with E-state index in [9.17, 15) is 4.79 Å². The van der Waals surface area contributed by atoms with Crippen LogP contribution in [0.1, 0.15) is 50.7 Å². The summed E-state index contributed by atoms with van der Waals surface area (Å²) in [5.74, 6) is -1.17. The fourth-order valence-corrected chi connectivity index (χ4v) is 3.94. The van der Waals surface area contributed by atoms with E-state index in [4.69, 9.17) is 37.4 Å². The zero-order chi connectivity index (χ0) is 16.4. The second kappa shape index (κ2) is 6.98. The summed E-state index contributed by atoms with van der Waals surface area (Å²) in [5, 5.41) is 0.932. The van der Waals surface area contributed by atoms with Gasteiger partial charge in [-0.1, -0.05) is 35.7 Å². The molecule has 2 atom stereocenters. The summed E-state index contributed by atoms with van der Waals surface area (Å²) in [6.45, 7) is 2.05. The summed E-state index contributed by atoms with van der Waals surface area (Å²) in [4.78, 5) is 12.4. The van der Waals surface area contributed by atoms with Gasteiger partial charge in [0.15, 0.2) is 11.9 Å². The molecule has 0 N–H and O–H groups in total. The minimum absolute atomic E-state index is 0.286. The first-order chi connectivity index (χ1) is 11.1. The van der Waals surface area contributed by atoms with Crippen LogP contribution in [0.2, 0.25) is 10.0 Å². The van der Waals surface area contributed by atoms with E-state index in [2.05, 4.69) is 0 Å². The highest BCUT2D eigenvalue weighted by molar-refractivity contribution is 6.36. The van der Waals surface area contributed by atoms with E-state index in [1.54, 1.807) is 25.1 Å². The molecule has 2 aliphatic rings. The average molecular weight is 359 g/mol. The number of carbonyl (C=O) groups excluding carboxylic acids is 1. The van der Waals surface area contributed by atoms with Gasteiger partial charge in [-0.05, 0) is 31.9 Å². The lowest BCUT2D eigenvalue weighted by molar-refractivity contribution is -0.200. The van der Waals surface area contributed by atoms with Gasteiger partial charge in [0.25, 0.3) is 0 Å². The monoisotopic (exact) mass is 358 g/mol. The summed E-state index contributed by atoms with van der Waals surface area (Å²) < 4.78 is 17.5. The molecule has 23 heavy (non-hydrogen) atoms. The number of hydrogen-bond acceptors (Lipinski definition) is 4. The maximum absolute atomic E-state index is 12.4. The van der Waals surface area contributed by atoms with Gasteiger partial charge in [0.2, 0.25) is 0 Å². The van der Waals surface area contributed by atoms with Crippen LogP contribution in [-0.2, 0) is 19.0 Å². The van der Waals surface area contributed by atoms with Crippen LogP contribution in [-0.4, -0.2) is 24.5 Å². The van der Waals surface area contributed by atoms with Gasteiger partial charge in [0.05, 0.1) is 6.61 Å². The molecular formula is C17H20Cl2O4. The number of esters is 1. The van der Waals surface area contributed by atoms with Crippen LogP contribution in [0.25, 0.3) is 0 Å². The molecule has 1 aromatic carbocycles. The molecule has 1 saturated heterocycles. The van der Waals surface area contributed by atoms with Crippen LogP contribution in [0.4, 0.5) is 0 Å². The van der Waals surface area contributed by atoms with E-state index in [1.165, 1.54) is 0 Å². The van der Waals surface area contributed by atoms with Crippen molar-refractivity contribution in [3.8, 4) is 0 Å². The summed E-state index contributed by atoms with van der Waals surface area (Å²) in [6.07, 6.45) is 3.22. The zero-order valence-corrected chi connectivity index (χ0v) is 14.5. The number of halogens is 2. The van der Waals surface area contributed by atoms with Crippen molar-refractivity contribution >= 4 is 29.2 Å². The minimum atomic E-state index is -0.842. The van der Waals surface area contributed by atoms with Gasteiger partial charge < -0.3 is 14.2 Å². The molecule has 0 aromatic heterocycles. The Hall–Kier alpha value is -0.810. The van der Waals surface area contributed by atoms with Gasteiger partial charge in [-0.2, -0.15) is 0 Å². The first-order valence-electron chi connectivity index (χ1n) is 8.02. The third-order valence-corrected chi connectivity index (χ3v) is 5.04. The van der Waals surface area contributed by atoms with Crippen molar-refractivity contribution in [2.45, 2.75) is 57.0 Å². The molecule has 1 heterocycles. The van der Waals surface area contributed by atoms with Crippen molar-refractivity contribution < 1.29 is 19.0 Å². The van der Waals surface area contributed by atoms with E-state index >= 15 is 0 Å². The van der Waals surface area contributed by atoms with E-state index in [1.807, 2.05) is 0 Å². The molecule has 4 nitrogen and oxygen atoms in total. The van der Waals surface area contributed by atoms with Crippen LogP contribution in [0.15, 0.2) is 18.2 Å². The first kappa shape index (κ1) is 17.0. The quantitative estimate of drug-likeness (QED) is 0.736. The van der Waals surface area contributed by atoms with Gasteiger partial charge in [0.1, 0.15) is 6.10 Å². The number of ether oxygens (including phenoxy) is 3. The Bertz CT molecular complexity index is 564. The summed E-state index contributed by atoms with van der Waals surface area (Å²) in [5.41, 5.74) is 0.594. The Morgan fingerprint density at radius 1 is 1.22 bits per heavy atom. The Kier molecular flexibility index (Phi) is 5.16. The lowest BCUT2D eigenvalue weighted by atomic mass is 9.94. The molecule has 1 aliphatic carbocycles. The summed E-state index contributed by atoms with van der Waals surface area (Å²) in [6, 6.07) is 5.24. The molecule has 0 unspecified atom stereocenters. The maximum atomic E-state index is 12.4. The van der Waals surface area contributed by atoms with Crippen molar-refractivity contribution in [3.63, 3.8) is 0 Å². The third kappa shape index (κ3) is 3.36. The van der Waals surface area contributed by atoms with E-state index in [-0.39, 0.29) is 6.61 Å². The Morgan fingerprint density at radius 3 is 2.48 bits per heavy atom. The summed E-state index contributed by atoms with van der Waals surface area (Å²) >= 11 is 12.6. The van der Waals surface area contributed by atoms with Gasteiger partial charge in [0, 0.05) is 28.5 Å². The summed E-state index contributed by atoms with van der Waals surface area (Å²) in [7, 11) is 0. The number of hydrogen-bond donors (Lipinski definition) is 0. The Morgan fingerprint density at radius 2 is 1.87 bits per heavy atom. The van der Waals surface area contributed by atoms with Crippen molar-refractivity contribution in [1.82, 2.24) is 0 Å². The fraction of sp³-hybridized carbons (Fsp3) is 0.588. The lowest BCUT2D eigenvalue weighted by Gasteiger charge is -2.31. The highest BCUT2D eigenvalue weighted by atomic mass is 35.5. The highest BCUT2D eigenvalue weighted by Crippen LogP contribution is 2.49. The minimum Gasteiger partial charge on any atom is -0.464 e. The predicted molar refractivity (Wildman–Crippen MR) is 87.6 cm³/mol. The second-order valence-electron chi connectivity index (χ2n) is 5.94. The molecule has 1 spiro atoms. The molecule has 3 rings (SSSR count). The first-order valence-corrected chi connectivity index (χ1v) is 8.78. The SMILES string of the molecule is CCOC(=O)[C@H]1OC2(CCCCC2)O[C@@H]1c1c(Cl)cccc1Cl. The average Bonchev–Trinajstić information content (AvgIpc) is 2.87. The lowest BCUT2D eigenvalue weighted by Crippen LogP contribution is -2.35. The van der Waals surface area contributed by atoms with Crippen molar-refractivity contribution in [2.75, 3.05) is 6.61 Å². The zero-order valence-electron chi connectivity index (χ0n) is 13.0. The second-order valence-corrected chi connectivity index (χ2v) is 6.75. The largest absolute Gasteiger partial charge is 0.464 e. The molecule has 1 aromatic rings. The molecule has 6 heteroatoms. The van der Waals surface area contributed by atoms with Crippen LogP contribution >= 0.6 is 23.2 Å². The number of benzene rings is 1. The van der Waals surface area contributed by atoms with Crippen LogP contribution in [0.5, 0.6) is 0 Å². The Labute approximate surface area is 146 Å². The van der Waals surface area contributed by atoms with Gasteiger partial charge >= 0.3 is 5.97 Å². The molecule has 2 fully saturated rings. The maximum Gasteiger partial charge on any atom is 0.338 e. The molecule has 1 saturated carbocycles. The third-order valence-electron chi connectivity index (χ3n) is 4.38. The van der Waals surface area contributed by atoms with E-state index < -0.39 is 24.0 Å². The smallest absolute Gasteiger partial charge is 0.338 e.